The quantitative estimate of drug-likeness (QED) is 0.140. The molecule has 0 aromatic carbocycles. The summed E-state index contributed by atoms with van der Waals surface area (Å²) in [5, 5.41) is 6.99. The third-order valence-corrected chi connectivity index (χ3v) is 0.273. The lowest BCUT2D eigenvalue weighted by atomic mass is 10.5. The Morgan fingerprint density at radius 2 is 2.43 bits per heavy atom. The highest BCUT2D eigenvalue weighted by atomic mass is 16.3. The van der Waals surface area contributed by atoms with Gasteiger partial charge in [0.05, 0.1) is 0 Å². The van der Waals surface area contributed by atoms with Crippen LogP contribution in [0.2, 0.25) is 0 Å². The Hall–Kier alpha value is -1.07. The average molecular weight is 97.9 g/mol. The van der Waals surface area contributed by atoms with E-state index in [9.17, 15) is 4.91 Å². The van der Waals surface area contributed by atoms with Crippen LogP contribution >= 0.6 is 0 Å². The topological polar surface area (TPSA) is 79.8 Å². The second-order valence-electron chi connectivity index (χ2n) is 0.690. The molecule has 0 aliphatic rings. The fourth-order valence-electron chi connectivity index (χ4n) is 0.0865. The van der Waals surface area contributed by atoms with Crippen LogP contribution in [0.25, 0.3) is 0 Å². The number of rotatable bonds is 1. The zero-order valence-electron chi connectivity index (χ0n) is 3.46. The SMILES string of the molecule is [B]NN=C(N)N=O. The molecule has 0 bridgehead atoms. The van der Waals surface area contributed by atoms with Crippen LogP contribution in [-0.2, 0) is 0 Å². The molecule has 6 heteroatoms. The van der Waals surface area contributed by atoms with Gasteiger partial charge in [-0.2, -0.15) is 5.10 Å². The fraction of sp³-hybridized carbons (Fsp3) is 0. The molecule has 0 aromatic heterocycles. The highest BCUT2D eigenvalue weighted by molar-refractivity contribution is 6.04. The van der Waals surface area contributed by atoms with Crippen molar-refractivity contribution < 1.29 is 0 Å². The van der Waals surface area contributed by atoms with Gasteiger partial charge in [-0.25, -0.2) is 0 Å². The number of hydrogen-bond donors (Lipinski definition) is 2. The van der Waals surface area contributed by atoms with E-state index in [1.165, 1.54) is 0 Å². The third kappa shape index (κ3) is 2.75. The van der Waals surface area contributed by atoms with Gasteiger partial charge < -0.3 is 11.1 Å². The first-order chi connectivity index (χ1) is 3.31. The molecule has 7 heavy (non-hydrogen) atoms. The summed E-state index contributed by atoms with van der Waals surface area (Å²) in [5.41, 5.74) is 4.71. The van der Waals surface area contributed by atoms with Gasteiger partial charge in [0.1, 0.15) is 0 Å². The number of nitrogens with two attached hydrogens (primary N) is 1. The lowest BCUT2D eigenvalue weighted by Gasteiger charge is -1.82. The number of nitrogens with one attached hydrogen (secondary N) is 1. The normalized spacial score (nSPS) is 10.6. The maximum atomic E-state index is 9.29. The fourth-order valence-corrected chi connectivity index (χ4v) is 0.0865. The molecule has 0 fully saturated rings. The van der Waals surface area contributed by atoms with Gasteiger partial charge in [0.25, 0.3) is 13.9 Å². The monoisotopic (exact) mass is 98.0 g/mol. The molecule has 0 aromatic rings. The number of nitroso groups, excluding NO2 is 1. The number of nitrogens with zero attached hydrogens (tertiary/aromatic N) is 2. The summed E-state index contributed by atoms with van der Waals surface area (Å²) in [6.45, 7) is 0. The van der Waals surface area contributed by atoms with E-state index >= 15 is 0 Å². The maximum Gasteiger partial charge on any atom is 0.277 e. The first kappa shape index (κ1) is 5.93. The van der Waals surface area contributed by atoms with Crippen LogP contribution < -0.4 is 11.1 Å². The lowest BCUT2D eigenvalue weighted by Crippen LogP contribution is -2.12. The Morgan fingerprint density at radius 1 is 1.86 bits per heavy atom. The van der Waals surface area contributed by atoms with Crippen LogP contribution in [0, 0.1) is 4.91 Å². The predicted octanol–water partition coefficient (Wildman–Crippen LogP) is -1.34. The summed E-state index contributed by atoms with van der Waals surface area (Å²) >= 11 is 0. The minimum atomic E-state index is -0.414. The molecule has 0 amide bonds. The Bertz CT molecular complexity index is 89.7. The first-order valence-electron chi connectivity index (χ1n) is 1.43. The van der Waals surface area contributed by atoms with E-state index in [0.717, 1.165) is 0 Å². The molecule has 0 heterocycles. The van der Waals surface area contributed by atoms with E-state index in [-0.39, 0.29) is 0 Å². The lowest BCUT2D eigenvalue weighted by molar-refractivity contribution is 1.07. The van der Waals surface area contributed by atoms with Crippen molar-refractivity contribution in [1.82, 2.24) is 5.34 Å². The summed E-state index contributed by atoms with van der Waals surface area (Å²) in [6, 6.07) is 0. The molecule has 3 N–H and O–H groups in total. The van der Waals surface area contributed by atoms with E-state index in [2.05, 4.69) is 18.3 Å². The summed E-state index contributed by atoms with van der Waals surface area (Å²) in [7, 11) is 4.59. The van der Waals surface area contributed by atoms with Crippen LogP contribution in [0.3, 0.4) is 0 Å². The number of hydrazone groups is 1. The molecule has 2 radical (unpaired) electrons. The summed E-state index contributed by atoms with van der Waals surface area (Å²) in [6.07, 6.45) is 0. The second kappa shape index (κ2) is 3.14. The Morgan fingerprint density at radius 3 is 2.57 bits per heavy atom. The first-order valence-corrected chi connectivity index (χ1v) is 1.43. The molecule has 0 spiro atoms. The molecule has 0 unspecified atom stereocenters. The largest absolute Gasteiger partial charge is 0.364 e. The van der Waals surface area contributed by atoms with Crippen molar-refractivity contribution >= 4 is 13.9 Å². The van der Waals surface area contributed by atoms with Crippen LogP contribution in [0.1, 0.15) is 0 Å². The van der Waals surface area contributed by atoms with Gasteiger partial charge in [-0.3, -0.25) is 0 Å². The van der Waals surface area contributed by atoms with Gasteiger partial charge >= 0.3 is 0 Å². The number of guanidine groups is 1. The van der Waals surface area contributed by atoms with Gasteiger partial charge in [0, 0.05) is 5.18 Å². The van der Waals surface area contributed by atoms with E-state index in [4.69, 9.17) is 5.73 Å². The van der Waals surface area contributed by atoms with E-state index in [0.29, 0.717) is 0 Å². The molecule has 0 aliphatic carbocycles. The minimum absolute atomic E-state index is 0.414. The van der Waals surface area contributed by atoms with Crippen molar-refractivity contribution in [3.63, 3.8) is 0 Å². The highest BCUT2D eigenvalue weighted by Crippen LogP contribution is 1.60. The standard InChI is InChI=1S/CH3BN4O/c2-6-4-1(3)5-7/h6H,(H2,3,4). The van der Waals surface area contributed by atoms with Crippen LogP contribution in [0.5, 0.6) is 0 Å². The maximum absolute atomic E-state index is 9.29. The molecule has 0 saturated carbocycles. The van der Waals surface area contributed by atoms with Crippen LogP contribution in [0.15, 0.2) is 10.3 Å². The predicted molar refractivity (Wildman–Crippen MR) is 26.3 cm³/mol. The van der Waals surface area contributed by atoms with Crippen molar-refractivity contribution in [3.8, 4) is 0 Å². The molecule has 5 nitrogen and oxygen atoms in total. The van der Waals surface area contributed by atoms with Gasteiger partial charge in [0.2, 0.25) is 0 Å². The Balaban J connectivity index is 3.49. The Labute approximate surface area is 41.4 Å². The molecule has 36 valence electrons. The van der Waals surface area contributed by atoms with E-state index in [1.807, 2.05) is 0 Å². The van der Waals surface area contributed by atoms with Crippen molar-refractivity contribution in [1.29, 1.82) is 0 Å². The average Bonchev–Trinajstić information content (AvgIpc) is 1.68. The van der Waals surface area contributed by atoms with Crippen molar-refractivity contribution in [2.24, 2.45) is 16.0 Å². The molecule has 0 saturated heterocycles. The number of hydrogen-bond acceptors (Lipinski definition) is 3. The van der Waals surface area contributed by atoms with Gasteiger partial charge in [-0.05, 0) is 0 Å². The smallest absolute Gasteiger partial charge is 0.277 e. The van der Waals surface area contributed by atoms with Crippen molar-refractivity contribution in [3.05, 3.63) is 4.91 Å². The second-order valence-corrected chi connectivity index (χ2v) is 0.690. The van der Waals surface area contributed by atoms with Crippen LogP contribution in [-0.4, -0.2) is 13.9 Å². The summed E-state index contributed by atoms with van der Waals surface area (Å²) in [4.78, 5) is 9.29. The molecule has 0 rings (SSSR count). The minimum Gasteiger partial charge on any atom is -0.364 e. The third-order valence-electron chi connectivity index (χ3n) is 0.273. The summed E-state index contributed by atoms with van der Waals surface area (Å²) < 4.78 is 0. The summed E-state index contributed by atoms with van der Waals surface area (Å²) in [5.74, 6) is -0.414. The molecule has 0 atom stereocenters. The van der Waals surface area contributed by atoms with E-state index < -0.39 is 5.96 Å². The molecular formula is CH3BN4O. The van der Waals surface area contributed by atoms with Crippen molar-refractivity contribution in [2.75, 3.05) is 0 Å². The van der Waals surface area contributed by atoms with Gasteiger partial charge in [0.15, 0.2) is 0 Å². The zero-order valence-corrected chi connectivity index (χ0v) is 3.46. The van der Waals surface area contributed by atoms with Crippen molar-refractivity contribution in [2.45, 2.75) is 0 Å². The van der Waals surface area contributed by atoms with Crippen LogP contribution in [0.4, 0.5) is 0 Å². The molecule has 0 aliphatic heterocycles. The van der Waals surface area contributed by atoms with Gasteiger partial charge in [-0.15, -0.1) is 4.91 Å². The van der Waals surface area contributed by atoms with Gasteiger partial charge in [-0.1, -0.05) is 0 Å². The molecular weight excluding hydrogens is 94.9 g/mol. The van der Waals surface area contributed by atoms with E-state index in [1.54, 1.807) is 5.34 Å². The highest BCUT2D eigenvalue weighted by Gasteiger charge is 1.79. The zero-order chi connectivity index (χ0) is 5.70. The Kier molecular flexibility index (Phi) is 2.66.